The zero-order valence-corrected chi connectivity index (χ0v) is 13.6. The van der Waals surface area contributed by atoms with Gasteiger partial charge in [0.05, 0.1) is 0 Å². The summed E-state index contributed by atoms with van der Waals surface area (Å²) in [5.41, 5.74) is 0.499. The molecule has 2 aromatic rings. The summed E-state index contributed by atoms with van der Waals surface area (Å²) in [6.07, 6.45) is -1.71. The Hall–Kier alpha value is -2.33. The fourth-order valence-corrected chi connectivity index (χ4v) is 2.05. The van der Waals surface area contributed by atoms with Gasteiger partial charge in [0.15, 0.2) is 12.2 Å². The molecule has 0 fully saturated rings. The predicted octanol–water partition coefficient (Wildman–Crippen LogP) is 3.92. The van der Waals surface area contributed by atoms with E-state index in [4.69, 9.17) is 21.1 Å². The Kier molecular flexibility index (Phi) is 5.77. The third kappa shape index (κ3) is 4.83. The van der Waals surface area contributed by atoms with Gasteiger partial charge in [0, 0.05) is 10.6 Å². The highest BCUT2D eigenvalue weighted by Crippen LogP contribution is 2.17. The van der Waals surface area contributed by atoms with Gasteiger partial charge in [-0.25, -0.2) is 4.79 Å². The number of esters is 1. The first kappa shape index (κ1) is 17.0. The second kappa shape index (κ2) is 7.79. The molecular weight excluding hydrogens is 316 g/mol. The lowest BCUT2D eigenvalue weighted by Crippen LogP contribution is -2.32. The summed E-state index contributed by atoms with van der Waals surface area (Å²) in [6.45, 7) is 3.11. The molecule has 0 aliphatic heterocycles. The van der Waals surface area contributed by atoms with Crippen LogP contribution in [-0.4, -0.2) is 24.0 Å². The Morgan fingerprint density at radius 2 is 1.52 bits per heavy atom. The van der Waals surface area contributed by atoms with E-state index in [9.17, 15) is 9.59 Å². The molecule has 23 heavy (non-hydrogen) atoms. The summed E-state index contributed by atoms with van der Waals surface area (Å²) in [4.78, 5) is 24.2. The second-order valence-corrected chi connectivity index (χ2v) is 5.46. The number of hydrogen-bond donors (Lipinski definition) is 0. The molecule has 4 nitrogen and oxygen atoms in total. The van der Waals surface area contributed by atoms with Crippen LogP contribution >= 0.6 is 11.6 Å². The molecule has 0 bridgehead atoms. The Bertz CT molecular complexity index is 667. The Morgan fingerprint density at radius 1 is 0.913 bits per heavy atom. The van der Waals surface area contributed by atoms with Crippen molar-refractivity contribution in [2.45, 2.75) is 26.1 Å². The zero-order chi connectivity index (χ0) is 16.8. The maximum Gasteiger partial charge on any atom is 0.347 e. The summed E-state index contributed by atoms with van der Waals surface area (Å²) in [7, 11) is 0. The molecule has 0 aromatic heterocycles. The number of ketones is 1. The van der Waals surface area contributed by atoms with Crippen molar-refractivity contribution in [3.8, 4) is 5.75 Å². The monoisotopic (exact) mass is 332 g/mol. The Balaban J connectivity index is 1.92. The van der Waals surface area contributed by atoms with Crippen LogP contribution in [0.4, 0.5) is 0 Å². The van der Waals surface area contributed by atoms with Gasteiger partial charge in [0.2, 0.25) is 5.78 Å². The first-order chi connectivity index (χ1) is 11.0. The molecule has 2 rings (SSSR count). The fourth-order valence-electron chi connectivity index (χ4n) is 1.93. The van der Waals surface area contributed by atoms with E-state index in [-0.39, 0.29) is 5.78 Å². The highest BCUT2D eigenvalue weighted by Gasteiger charge is 2.23. The lowest BCUT2D eigenvalue weighted by atomic mass is 10.1. The first-order valence-electron chi connectivity index (χ1n) is 7.19. The van der Waals surface area contributed by atoms with E-state index in [1.54, 1.807) is 62.4 Å². The summed E-state index contributed by atoms with van der Waals surface area (Å²) < 4.78 is 10.7. The number of ether oxygens (including phenoxy) is 2. The average Bonchev–Trinajstić information content (AvgIpc) is 2.56. The molecule has 0 N–H and O–H groups in total. The number of hydrogen-bond acceptors (Lipinski definition) is 4. The van der Waals surface area contributed by atoms with Gasteiger partial charge in [0.25, 0.3) is 0 Å². The van der Waals surface area contributed by atoms with Gasteiger partial charge < -0.3 is 9.47 Å². The van der Waals surface area contributed by atoms with Gasteiger partial charge in [-0.05, 0) is 38.1 Å². The van der Waals surface area contributed by atoms with Gasteiger partial charge >= 0.3 is 5.97 Å². The molecule has 0 heterocycles. The van der Waals surface area contributed by atoms with Crippen molar-refractivity contribution in [1.29, 1.82) is 0 Å². The third-order valence-electron chi connectivity index (χ3n) is 3.18. The summed E-state index contributed by atoms with van der Waals surface area (Å²) in [6, 6.07) is 15.3. The van der Waals surface area contributed by atoms with E-state index in [0.717, 1.165) is 0 Å². The molecule has 0 aliphatic rings. The van der Waals surface area contributed by atoms with E-state index in [1.807, 2.05) is 6.07 Å². The molecule has 0 amide bonds. The predicted molar refractivity (Wildman–Crippen MR) is 87.9 cm³/mol. The highest BCUT2D eigenvalue weighted by atomic mass is 35.5. The van der Waals surface area contributed by atoms with Crippen LogP contribution in [0.2, 0.25) is 5.02 Å². The number of Topliss-reactive ketones (excluding diaryl/α,β-unsaturated/α-hetero) is 1. The van der Waals surface area contributed by atoms with Gasteiger partial charge in [-0.2, -0.15) is 0 Å². The molecule has 5 heteroatoms. The molecule has 0 saturated heterocycles. The zero-order valence-electron chi connectivity index (χ0n) is 12.9. The summed E-state index contributed by atoms with van der Waals surface area (Å²) in [5, 5.41) is 0.578. The third-order valence-corrected chi connectivity index (χ3v) is 3.43. The number of benzene rings is 2. The smallest absolute Gasteiger partial charge is 0.347 e. The van der Waals surface area contributed by atoms with Gasteiger partial charge in [-0.15, -0.1) is 0 Å². The van der Waals surface area contributed by atoms with Crippen LogP contribution in [0.25, 0.3) is 0 Å². The summed E-state index contributed by atoms with van der Waals surface area (Å²) >= 11 is 5.79. The van der Waals surface area contributed by atoms with Gasteiger partial charge in [0.1, 0.15) is 5.75 Å². The molecule has 0 radical (unpaired) electrons. The van der Waals surface area contributed by atoms with Crippen molar-refractivity contribution in [3.63, 3.8) is 0 Å². The van der Waals surface area contributed by atoms with Gasteiger partial charge in [-0.1, -0.05) is 41.9 Å². The quantitative estimate of drug-likeness (QED) is 0.594. The van der Waals surface area contributed by atoms with E-state index >= 15 is 0 Å². The van der Waals surface area contributed by atoms with Crippen molar-refractivity contribution in [3.05, 3.63) is 65.2 Å². The first-order valence-corrected chi connectivity index (χ1v) is 7.57. The molecule has 120 valence electrons. The lowest BCUT2D eigenvalue weighted by molar-refractivity contribution is -0.153. The minimum Gasteiger partial charge on any atom is -0.479 e. The SMILES string of the molecule is C[C@H](OC(=O)[C@@H](C)Oc1ccc(Cl)cc1)C(=O)c1ccccc1. The van der Waals surface area contributed by atoms with Crippen LogP contribution in [0.5, 0.6) is 5.75 Å². The molecule has 2 atom stereocenters. The average molecular weight is 333 g/mol. The topological polar surface area (TPSA) is 52.6 Å². The normalized spacial score (nSPS) is 13.0. The Morgan fingerprint density at radius 3 is 2.13 bits per heavy atom. The van der Waals surface area contributed by atoms with Crippen molar-refractivity contribution >= 4 is 23.4 Å². The van der Waals surface area contributed by atoms with Crippen LogP contribution in [-0.2, 0) is 9.53 Å². The summed E-state index contributed by atoms with van der Waals surface area (Å²) in [5.74, 6) is -0.352. The number of carbonyl (C=O) groups excluding carboxylic acids is 2. The molecule has 0 spiro atoms. The van der Waals surface area contributed by atoms with E-state index in [1.165, 1.54) is 0 Å². The van der Waals surface area contributed by atoms with Crippen molar-refractivity contribution in [2.24, 2.45) is 0 Å². The molecule has 2 aromatic carbocycles. The molecular formula is C18H17ClO4. The van der Waals surface area contributed by atoms with Crippen LogP contribution in [0.15, 0.2) is 54.6 Å². The largest absolute Gasteiger partial charge is 0.479 e. The van der Waals surface area contributed by atoms with E-state index < -0.39 is 18.2 Å². The number of halogens is 1. The van der Waals surface area contributed by atoms with Gasteiger partial charge in [-0.3, -0.25) is 4.79 Å². The minimum atomic E-state index is -0.874. The van der Waals surface area contributed by atoms with Crippen molar-refractivity contribution in [2.75, 3.05) is 0 Å². The number of rotatable bonds is 6. The van der Waals surface area contributed by atoms with Crippen LogP contribution in [0.3, 0.4) is 0 Å². The standard InChI is InChI=1S/C18H17ClO4/c1-12(17(20)14-6-4-3-5-7-14)23-18(21)13(2)22-16-10-8-15(19)9-11-16/h3-13H,1-2H3/t12-,13+/m0/s1. The molecule has 0 unspecified atom stereocenters. The fraction of sp³-hybridized carbons (Fsp3) is 0.222. The van der Waals surface area contributed by atoms with Crippen LogP contribution < -0.4 is 4.74 Å². The maximum absolute atomic E-state index is 12.2. The molecule has 0 saturated carbocycles. The number of carbonyl (C=O) groups is 2. The van der Waals surface area contributed by atoms with Crippen LogP contribution in [0, 0.1) is 0 Å². The van der Waals surface area contributed by atoms with Crippen molar-refractivity contribution < 1.29 is 19.1 Å². The highest BCUT2D eigenvalue weighted by molar-refractivity contribution is 6.30. The molecule has 0 aliphatic carbocycles. The van der Waals surface area contributed by atoms with E-state index in [0.29, 0.717) is 16.3 Å². The van der Waals surface area contributed by atoms with Crippen molar-refractivity contribution in [1.82, 2.24) is 0 Å². The Labute approximate surface area is 140 Å². The minimum absolute atomic E-state index is 0.252. The maximum atomic E-state index is 12.2. The van der Waals surface area contributed by atoms with Crippen LogP contribution in [0.1, 0.15) is 24.2 Å². The second-order valence-electron chi connectivity index (χ2n) is 5.02. The lowest BCUT2D eigenvalue weighted by Gasteiger charge is -2.17. The van der Waals surface area contributed by atoms with E-state index in [2.05, 4.69) is 0 Å².